The van der Waals surface area contributed by atoms with E-state index in [1.807, 2.05) is 54.6 Å². The zero-order valence-corrected chi connectivity index (χ0v) is 23.5. The van der Waals surface area contributed by atoms with Crippen molar-refractivity contribution in [1.82, 2.24) is 0 Å². The van der Waals surface area contributed by atoms with E-state index in [0.29, 0.717) is 18.7 Å². The van der Waals surface area contributed by atoms with Crippen LogP contribution in [-0.4, -0.2) is 18.0 Å². The van der Waals surface area contributed by atoms with Gasteiger partial charge in [0.2, 0.25) is 4.99 Å². The average Bonchev–Trinajstić information content (AvgIpc) is 3.08. The molecule has 2 aromatic rings. The van der Waals surface area contributed by atoms with Crippen LogP contribution in [0.2, 0.25) is 0 Å². The fourth-order valence-electron chi connectivity index (χ4n) is 4.46. The minimum Gasteiger partial charge on any atom is -0.745 e. The second-order valence-electron chi connectivity index (χ2n) is 8.53. The van der Waals surface area contributed by atoms with E-state index in [2.05, 4.69) is 12.2 Å². The summed E-state index contributed by atoms with van der Waals surface area (Å²) in [7, 11) is -4.64. The van der Waals surface area contributed by atoms with Gasteiger partial charge in [0.25, 0.3) is 0 Å². The van der Waals surface area contributed by atoms with Crippen molar-refractivity contribution in [2.75, 3.05) is 10.2 Å². The van der Waals surface area contributed by atoms with E-state index in [9.17, 15) is 13.0 Å². The molecule has 5 nitrogen and oxygen atoms in total. The molecule has 1 unspecified atom stereocenters. The van der Waals surface area contributed by atoms with Crippen LogP contribution in [0.4, 0.5) is 11.4 Å². The summed E-state index contributed by atoms with van der Waals surface area (Å²) in [6.45, 7) is 2.58. The normalized spacial score (nSPS) is 17.5. The summed E-state index contributed by atoms with van der Waals surface area (Å²) in [4.78, 5) is 0.110. The maximum absolute atomic E-state index is 12.6. The Morgan fingerprint density at radius 2 is 1.41 bits per heavy atom. The Hall–Kier alpha value is -0.414. The first kappa shape index (κ1) is 27.8. The van der Waals surface area contributed by atoms with Crippen molar-refractivity contribution in [3.8, 4) is 0 Å². The second kappa shape index (κ2) is 13.5. The number of para-hydroxylation sites is 2. The third-order valence-electron chi connectivity index (χ3n) is 6.18. The Balaban J connectivity index is 0.00000363. The summed E-state index contributed by atoms with van der Waals surface area (Å²) in [5.41, 5.74) is 2.44. The molecule has 2 aromatic carbocycles. The van der Waals surface area contributed by atoms with Gasteiger partial charge < -0.3 is 14.8 Å². The molecule has 170 valence electrons. The molecule has 0 bridgehead atoms. The number of nitrogens with zero attached hydrogens (tertiary/aromatic N) is 1. The molecule has 0 saturated carbocycles. The van der Waals surface area contributed by atoms with Gasteiger partial charge in [-0.2, -0.15) is 0 Å². The van der Waals surface area contributed by atoms with Crippen molar-refractivity contribution in [2.45, 2.75) is 82.7 Å². The molecule has 0 aromatic heterocycles. The van der Waals surface area contributed by atoms with Crippen molar-refractivity contribution in [3.63, 3.8) is 0 Å². The molecule has 1 heterocycles. The minimum absolute atomic E-state index is 0. The zero-order valence-electron chi connectivity index (χ0n) is 19.6. The summed E-state index contributed by atoms with van der Waals surface area (Å²) >= 11 is 0. The molecule has 1 atom stereocenters. The molecular formula is C25H35KN2O3S. The van der Waals surface area contributed by atoms with Gasteiger partial charge in [0.15, 0.2) is 0 Å². The number of anilines is 2. The van der Waals surface area contributed by atoms with Crippen LogP contribution < -0.4 is 61.6 Å². The van der Waals surface area contributed by atoms with E-state index in [0.717, 1.165) is 24.1 Å². The summed E-state index contributed by atoms with van der Waals surface area (Å²) in [5.74, 6) is 0. The summed E-state index contributed by atoms with van der Waals surface area (Å²) in [6.07, 6.45) is 10.5. The summed E-state index contributed by atoms with van der Waals surface area (Å²) in [5, 5.41) is 3.11. The Morgan fingerprint density at radius 1 is 0.844 bits per heavy atom. The number of benzene rings is 2. The number of unbranched alkanes of at least 4 members (excludes halogenated alkanes) is 8. The van der Waals surface area contributed by atoms with Gasteiger partial charge in [0.05, 0.1) is 11.4 Å². The third-order valence-corrected chi connectivity index (χ3v) is 7.53. The first-order chi connectivity index (χ1) is 15.0. The fourth-order valence-corrected chi connectivity index (χ4v) is 5.52. The van der Waals surface area contributed by atoms with Crippen LogP contribution in [0.1, 0.15) is 76.7 Å². The molecule has 1 aliphatic rings. The molecule has 0 fully saturated rings. The molecule has 0 amide bonds. The zero-order chi connectivity index (χ0) is 22.2. The van der Waals surface area contributed by atoms with Gasteiger partial charge in [-0.25, -0.2) is 8.42 Å². The van der Waals surface area contributed by atoms with Crippen LogP contribution in [0.5, 0.6) is 0 Å². The average molecular weight is 483 g/mol. The maximum atomic E-state index is 12.6. The van der Waals surface area contributed by atoms with Gasteiger partial charge in [-0.05, 0) is 24.1 Å². The smallest absolute Gasteiger partial charge is 0.745 e. The standard InChI is InChI=1S/C25H36N2O3S.K/c1-2-3-4-5-6-7-8-9-15-20-25(31(28,29)30)26-23-18-13-14-19-24(23)27(25)21-22-16-11-10-12-17-22;/h10-14,16-19,26H,2-9,15,20-21H2,1H3,(H,28,29,30);/q;+1/p-1. The quantitative estimate of drug-likeness (QED) is 0.270. The van der Waals surface area contributed by atoms with Crippen LogP contribution in [0, 0.1) is 0 Å². The van der Waals surface area contributed by atoms with E-state index < -0.39 is 15.1 Å². The van der Waals surface area contributed by atoms with Crippen LogP contribution >= 0.6 is 0 Å². The summed E-state index contributed by atoms with van der Waals surface area (Å²) < 4.78 is 37.9. The predicted molar refractivity (Wildman–Crippen MR) is 127 cm³/mol. The van der Waals surface area contributed by atoms with Crippen molar-refractivity contribution in [1.29, 1.82) is 0 Å². The molecule has 3 rings (SSSR count). The van der Waals surface area contributed by atoms with Crippen LogP contribution in [0.15, 0.2) is 54.6 Å². The van der Waals surface area contributed by atoms with Gasteiger partial charge in [-0.1, -0.05) is 101 Å². The van der Waals surface area contributed by atoms with Crippen LogP contribution in [0.3, 0.4) is 0 Å². The fraction of sp³-hybridized carbons (Fsp3) is 0.520. The molecule has 0 spiro atoms. The monoisotopic (exact) mass is 482 g/mol. The predicted octanol–water partition coefficient (Wildman–Crippen LogP) is 3.24. The molecule has 0 saturated heterocycles. The van der Waals surface area contributed by atoms with Crippen molar-refractivity contribution in [2.24, 2.45) is 0 Å². The Morgan fingerprint density at radius 3 is 2.03 bits per heavy atom. The maximum Gasteiger partial charge on any atom is 1.00 e. The van der Waals surface area contributed by atoms with Gasteiger partial charge in [-0.3, -0.25) is 0 Å². The number of rotatable bonds is 13. The Labute approximate surface area is 236 Å². The van der Waals surface area contributed by atoms with E-state index in [4.69, 9.17) is 0 Å². The largest absolute Gasteiger partial charge is 1.00 e. The van der Waals surface area contributed by atoms with Crippen molar-refractivity contribution in [3.05, 3.63) is 60.2 Å². The van der Waals surface area contributed by atoms with Crippen molar-refractivity contribution < 1.29 is 64.4 Å². The van der Waals surface area contributed by atoms with Crippen LogP contribution in [0.25, 0.3) is 0 Å². The molecule has 0 aliphatic carbocycles. The molecule has 7 heteroatoms. The van der Waals surface area contributed by atoms with E-state index >= 15 is 0 Å². The Bertz CT molecular complexity index is 924. The molecular weight excluding hydrogens is 447 g/mol. The van der Waals surface area contributed by atoms with E-state index in [-0.39, 0.29) is 57.8 Å². The molecule has 1 N–H and O–H groups in total. The first-order valence-corrected chi connectivity index (χ1v) is 13.0. The second-order valence-corrected chi connectivity index (χ2v) is 10.1. The third kappa shape index (κ3) is 7.04. The van der Waals surface area contributed by atoms with Crippen LogP contribution in [-0.2, 0) is 16.7 Å². The van der Waals surface area contributed by atoms with E-state index in [1.54, 1.807) is 4.90 Å². The van der Waals surface area contributed by atoms with Gasteiger partial charge >= 0.3 is 51.4 Å². The van der Waals surface area contributed by atoms with Gasteiger partial charge in [0.1, 0.15) is 10.1 Å². The molecule has 1 aliphatic heterocycles. The van der Waals surface area contributed by atoms with Gasteiger partial charge in [-0.15, -0.1) is 0 Å². The molecule has 32 heavy (non-hydrogen) atoms. The molecule has 0 radical (unpaired) electrons. The Kier molecular flexibility index (Phi) is 11.7. The topological polar surface area (TPSA) is 72.5 Å². The SMILES string of the molecule is CCCCCCCCCCCC1(S(=O)(=O)[O-])Nc2ccccc2N1Cc1ccccc1.[K+]. The van der Waals surface area contributed by atoms with Gasteiger partial charge in [0, 0.05) is 13.0 Å². The number of nitrogens with one attached hydrogen (secondary N) is 1. The first-order valence-electron chi connectivity index (χ1n) is 11.6. The number of fused-ring (bicyclic) bond motifs is 1. The minimum atomic E-state index is -4.64. The number of hydrogen-bond acceptors (Lipinski definition) is 5. The van der Waals surface area contributed by atoms with E-state index in [1.165, 1.54) is 38.5 Å². The summed E-state index contributed by atoms with van der Waals surface area (Å²) in [6, 6.07) is 17.2. The number of hydrogen-bond donors (Lipinski definition) is 1. The van der Waals surface area contributed by atoms with Crippen molar-refractivity contribution >= 4 is 21.5 Å².